The number of nitrogens with one attached hydrogen (secondary N) is 1. The lowest BCUT2D eigenvalue weighted by molar-refractivity contribution is -0.124. The molecule has 2 aliphatic rings. The Kier molecular flexibility index (Phi) is 16.0. The maximum absolute atomic E-state index is 12.8. The minimum Gasteiger partial charge on any atom is -0.377 e. The number of ether oxygens (including phenoxy) is 5. The highest BCUT2D eigenvalue weighted by atomic mass is 35.5. The number of aromatic nitrogens is 4. The van der Waals surface area contributed by atoms with E-state index in [1.54, 1.807) is 10.9 Å². The number of hydrogen-bond acceptors (Lipinski definition) is 14. The highest BCUT2D eigenvalue weighted by Crippen LogP contribution is 2.44. The Morgan fingerprint density at radius 2 is 1.78 bits per heavy atom. The largest absolute Gasteiger partial charge is 0.377 e. The number of halogens is 1. The van der Waals surface area contributed by atoms with E-state index < -0.39 is 23.0 Å². The lowest BCUT2D eigenvalue weighted by Gasteiger charge is -2.19. The van der Waals surface area contributed by atoms with E-state index >= 15 is 0 Å². The maximum atomic E-state index is 12.8. The van der Waals surface area contributed by atoms with Crippen LogP contribution in [0.3, 0.4) is 0 Å². The van der Waals surface area contributed by atoms with Crippen LogP contribution in [0.2, 0.25) is 5.28 Å². The van der Waals surface area contributed by atoms with Crippen LogP contribution in [0.1, 0.15) is 25.5 Å². The normalized spacial score (nSPS) is 20.5. The fourth-order valence-electron chi connectivity index (χ4n) is 4.99. The summed E-state index contributed by atoms with van der Waals surface area (Å²) in [5.74, 6) is 2.54. The molecule has 256 valence electrons. The lowest BCUT2D eigenvalue weighted by atomic mass is 10.1. The van der Waals surface area contributed by atoms with Crippen LogP contribution in [-0.2, 0) is 33.0 Å². The zero-order valence-electron chi connectivity index (χ0n) is 25.4. The molecule has 0 radical (unpaired) electrons. The second-order valence-corrected chi connectivity index (χ2v) is 13.6. The Labute approximate surface area is 274 Å². The molecule has 0 bridgehead atoms. The van der Waals surface area contributed by atoms with Crippen LogP contribution in [0.15, 0.2) is 6.20 Å². The first-order valence-corrected chi connectivity index (χ1v) is 18.1. The van der Waals surface area contributed by atoms with Gasteiger partial charge >= 0.3 is 0 Å². The van der Waals surface area contributed by atoms with Crippen molar-refractivity contribution in [3.63, 3.8) is 0 Å². The molecule has 2 aliphatic heterocycles. The van der Waals surface area contributed by atoms with Gasteiger partial charge in [-0.05, 0) is 30.9 Å². The number of amides is 1. The number of carbonyl (C=O) groups is 1. The van der Waals surface area contributed by atoms with Crippen molar-refractivity contribution in [2.24, 2.45) is 5.92 Å². The number of hydrogen-bond donors (Lipinski definition) is 4. The molecule has 0 aromatic carbocycles. The molecule has 0 spiro atoms. The first kappa shape index (κ1) is 37.0. The van der Waals surface area contributed by atoms with Gasteiger partial charge in [-0.25, -0.2) is 4.68 Å². The third-order valence-corrected chi connectivity index (χ3v) is 9.72. The molecule has 2 fully saturated rings. The molecule has 4 rings (SSSR count). The zero-order chi connectivity index (χ0) is 32.7. The summed E-state index contributed by atoms with van der Waals surface area (Å²) in [6, 6.07) is 0. The average molecular weight is 707 g/mol. The molecule has 19 heteroatoms. The number of nitrogens with zero attached hydrogens (tertiary/aromatic N) is 5. The highest BCUT2D eigenvalue weighted by Gasteiger charge is 2.33. The van der Waals surface area contributed by atoms with Gasteiger partial charge in [0.15, 0.2) is 28.6 Å². The van der Waals surface area contributed by atoms with Crippen molar-refractivity contribution in [1.29, 1.82) is 0 Å². The number of carbonyl (C=O) groups excluding carboxylic acids is 1. The Hall–Kier alpha value is -1.83. The van der Waals surface area contributed by atoms with Gasteiger partial charge in [0.05, 0.1) is 82.4 Å². The average Bonchev–Trinajstić information content (AvgIpc) is 3.79. The summed E-state index contributed by atoms with van der Waals surface area (Å²) in [4.78, 5) is 51.6. The fraction of sp³-hybridized carbons (Fsp3) is 0.704. The highest BCUT2D eigenvalue weighted by molar-refractivity contribution is 7.63. The van der Waals surface area contributed by atoms with Crippen LogP contribution < -0.4 is 10.2 Å². The molecular formula is C27H41ClN6O10P2. The van der Waals surface area contributed by atoms with Crippen molar-refractivity contribution in [2.75, 3.05) is 89.9 Å². The van der Waals surface area contributed by atoms with Crippen LogP contribution >= 0.6 is 28.4 Å². The molecule has 4 atom stereocenters. The van der Waals surface area contributed by atoms with Crippen LogP contribution in [0.5, 0.6) is 0 Å². The molecule has 2 saturated heterocycles. The SMILES string of the molecule is C#CCOCCOCCOCCOCCNC(=O)C1CCN(c2nc(Cl)nc3c2cnn3C2CCC(COP(O)CP(O)O)O2)C1. The maximum Gasteiger partial charge on any atom is 0.226 e. The van der Waals surface area contributed by atoms with E-state index in [1.807, 2.05) is 4.90 Å². The minimum atomic E-state index is -2.22. The fourth-order valence-corrected chi connectivity index (χ4v) is 6.68. The third kappa shape index (κ3) is 11.7. The van der Waals surface area contributed by atoms with Crippen molar-refractivity contribution < 1.29 is 47.7 Å². The van der Waals surface area contributed by atoms with Crippen molar-refractivity contribution >= 4 is 51.1 Å². The second-order valence-electron chi connectivity index (χ2n) is 10.4. The van der Waals surface area contributed by atoms with E-state index in [9.17, 15) is 9.69 Å². The molecule has 1 amide bonds. The summed E-state index contributed by atoms with van der Waals surface area (Å²) < 4.78 is 34.6. The number of fused-ring (bicyclic) bond motifs is 1. The van der Waals surface area contributed by atoms with Gasteiger partial charge in [-0.1, -0.05) is 5.92 Å². The predicted octanol–water partition coefficient (Wildman–Crippen LogP) is 1.37. The summed E-state index contributed by atoms with van der Waals surface area (Å²) in [6.07, 6.45) is 8.02. The van der Waals surface area contributed by atoms with E-state index in [-0.39, 0.29) is 42.3 Å². The van der Waals surface area contributed by atoms with Crippen molar-refractivity contribution in [3.05, 3.63) is 11.5 Å². The van der Waals surface area contributed by atoms with Crippen LogP contribution in [0.25, 0.3) is 11.0 Å². The molecule has 2 aromatic rings. The standard InChI is InChI=1S/C27H41ClN6O10P2/c1-2-8-39-10-12-41-14-15-42-13-11-40-9-6-29-26(35)20-5-7-33(17-20)24-22-16-30-34(25(22)32-27(28)31-24)23-4-3-21(44-23)18-43-46(38)19-45(36)37/h1,16,20-21,23,36-38H,3-15,17-19H2,(H,29,35). The Morgan fingerprint density at radius 1 is 1.07 bits per heavy atom. The van der Waals surface area contributed by atoms with Gasteiger partial charge in [0.2, 0.25) is 11.2 Å². The number of anilines is 1. The molecule has 46 heavy (non-hydrogen) atoms. The smallest absolute Gasteiger partial charge is 0.226 e. The van der Waals surface area contributed by atoms with E-state index in [0.717, 1.165) is 0 Å². The predicted molar refractivity (Wildman–Crippen MR) is 170 cm³/mol. The quantitative estimate of drug-likeness (QED) is 0.0630. The van der Waals surface area contributed by atoms with Crippen molar-refractivity contribution in [2.45, 2.75) is 31.6 Å². The zero-order valence-corrected chi connectivity index (χ0v) is 28.0. The van der Waals surface area contributed by atoms with Gasteiger partial charge < -0.3 is 53.1 Å². The summed E-state index contributed by atoms with van der Waals surface area (Å²) in [5, 5.41) is 8.21. The summed E-state index contributed by atoms with van der Waals surface area (Å²) in [6.45, 7) is 4.94. The van der Waals surface area contributed by atoms with Gasteiger partial charge in [0.1, 0.15) is 12.4 Å². The van der Waals surface area contributed by atoms with Gasteiger partial charge in [0, 0.05) is 19.6 Å². The van der Waals surface area contributed by atoms with Crippen LogP contribution in [0, 0.1) is 18.3 Å². The molecule has 0 aliphatic carbocycles. The molecule has 4 unspecified atom stereocenters. The second kappa shape index (κ2) is 19.9. The van der Waals surface area contributed by atoms with E-state index in [2.05, 4.69) is 26.3 Å². The number of terminal acetylenes is 1. The topological polar surface area (TPSA) is 192 Å². The lowest BCUT2D eigenvalue weighted by Crippen LogP contribution is -2.35. The Bertz CT molecular complexity index is 1270. The van der Waals surface area contributed by atoms with Gasteiger partial charge in [-0.3, -0.25) is 4.79 Å². The van der Waals surface area contributed by atoms with Crippen LogP contribution in [0.4, 0.5) is 5.82 Å². The van der Waals surface area contributed by atoms with Gasteiger partial charge in [-0.15, -0.1) is 6.42 Å². The van der Waals surface area contributed by atoms with Crippen molar-refractivity contribution in [3.8, 4) is 12.3 Å². The summed E-state index contributed by atoms with van der Waals surface area (Å²) >= 11 is 6.33. The van der Waals surface area contributed by atoms with Crippen LogP contribution in [-0.4, -0.2) is 131 Å². The van der Waals surface area contributed by atoms with E-state index in [0.29, 0.717) is 102 Å². The van der Waals surface area contributed by atoms with Gasteiger partial charge in [-0.2, -0.15) is 15.1 Å². The molecule has 2 aromatic heterocycles. The minimum absolute atomic E-state index is 0.0495. The molecular weight excluding hydrogens is 666 g/mol. The first-order chi connectivity index (χ1) is 22.4. The Morgan fingerprint density at radius 3 is 2.50 bits per heavy atom. The van der Waals surface area contributed by atoms with Crippen molar-refractivity contribution in [1.82, 2.24) is 25.1 Å². The number of rotatable bonds is 21. The van der Waals surface area contributed by atoms with E-state index in [4.69, 9.17) is 56.0 Å². The van der Waals surface area contributed by atoms with E-state index in [1.165, 1.54) is 0 Å². The Balaban J connectivity index is 1.16. The monoisotopic (exact) mass is 706 g/mol. The van der Waals surface area contributed by atoms with Gasteiger partial charge in [0.25, 0.3) is 0 Å². The molecule has 4 N–H and O–H groups in total. The summed E-state index contributed by atoms with van der Waals surface area (Å²) in [7, 11) is -4.14. The molecule has 16 nitrogen and oxygen atoms in total. The third-order valence-electron chi connectivity index (χ3n) is 7.13. The first-order valence-electron chi connectivity index (χ1n) is 14.9. The molecule has 0 saturated carbocycles. The molecule has 4 heterocycles. The summed E-state index contributed by atoms with van der Waals surface area (Å²) in [5.41, 5.74) is 0.518.